The molecule has 2 unspecified atom stereocenters. The largest absolute Gasteiger partial charge is 0.502 e. The van der Waals surface area contributed by atoms with Crippen molar-refractivity contribution in [3.8, 4) is 17.2 Å². The molecule has 2 aliphatic heterocycles. The maximum atomic E-state index is 12.1. The fourth-order valence-corrected chi connectivity index (χ4v) is 3.58. The van der Waals surface area contributed by atoms with Crippen molar-refractivity contribution in [2.75, 3.05) is 20.3 Å². The lowest BCUT2D eigenvalue weighted by Gasteiger charge is -2.40. The highest BCUT2D eigenvalue weighted by atomic mass is 16.7. The molecule has 9 N–H and O–H groups in total. The molecule has 35 heavy (non-hydrogen) atoms. The molecule has 2 fully saturated rings. The van der Waals surface area contributed by atoms with Gasteiger partial charge >= 0.3 is 5.97 Å². The smallest absolute Gasteiger partial charge is 0.338 e. The maximum absolute atomic E-state index is 12.1. The predicted octanol–water partition coefficient (Wildman–Crippen LogP) is -4.46. The van der Waals surface area contributed by atoms with Gasteiger partial charge in [-0.05, 0) is 12.1 Å². The normalized spacial score (nSPS) is 37.5. The van der Waals surface area contributed by atoms with Gasteiger partial charge < -0.3 is 69.6 Å². The topological polar surface area (TPSA) is 245 Å². The Balaban J connectivity index is 1.93. The van der Waals surface area contributed by atoms with Gasteiger partial charge in [0.2, 0.25) is 18.3 Å². The monoisotopic (exact) mass is 508 g/mol. The second-order valence-corrected chi connectivity index (χ2v) is 7.94. The van der Waals surface area contributed by atoms with Gasteiger partial charge in [-0.25, -0.2) is 4.79 Å². The highest BCUT2D eigenvalue weighted by Crippen LogP contribution is 2.41. The Kier molecular flexibility index (Phi) is 8.71. The van der Waals surface area contributed by atoms with Gasteiger partial charge in [-0.3, -0.25) is 0 Å². The van der Waals surface area contributed by atoms with E-state index in [1.165, 1.54) is 0 Å². The standard InChI is InChI=1S/C20H28O15/c1-31-18(30)6-2-7(32-19-16(28)14(26)12(24)9(4-21)34-19)11(23)8(3-6)33-20-17(29)15(27)13(25)10(5-22)35-20/h2-3,9-10,12-17,19-29H,4-5H2,1H3/t9-,10-,12-,13-,14+,15+,16-,17-,19?,20?/m1/s1. The lowest BCUT2D eigenvalue weighted by molar-refractivity contribution is -0.279. The minimum absolute atomic E-state index is 0.260. The zero-order chi connectivity index (χ0) is 26.0. The molecule has 15 nitrogen and oxygen atoms in total. The first-order chi connectivity index (χ1) is 16.5. The summed E-state index contributed by atoms with van der Waals surface area (Å²) in [5.41, 5.74) is -0.260. The zero-order valence-corrected chi connectivity index (χ0v) is 18.3. The first kappa shape index (κ1) is 27.3. The van der Waals surface area contributed by atoms with E-state index in [0.717, 1.165) is 19.2 Å². The molecule has 10 atom stereocenters. The number of aliphatic hydroxyl groups is 8. The summed E-state index contributed by atoms with van der Waals surface area (Å²) in [4.78, 5) is 12.1. The molecule has 15 heteroatoms. The highest BCUT2D eigenvalue weighted by Gasteiger charge is 2.46. The fraction of sp³-hybridized carbons (Fsp3) is 0.650. The third-order valence-corrected chi connectivity index (χ3v) is 5.64. The van der Waals surface area contributed by atoms with Gasteiger partial charge in [0, 0.05) is 0 Å². The lowest BCUT2D eigenvalue weighted by Crippen LogP contribution is -2.60. The van der Waals surface area contributed by atoms with E-state index in [9.17, 15) is 50.8 Å². The number of hydrogen-bond donors (Lipinski definition) is 9. The number of esters is 1. The van der Waals surface area contributed by atoms with Crippen LogP contribution in [0.4, 0.5) is 0 Å². The van der Waals surface area contributed by atoms with Crippen molar-refractivity contribution in [3.63, 3.8) is 0 Å². The molecule has 2 aliphatic rings. The van der Waals surface area contributed by atoms with Crippen molar-refractivity contribution in [3.05, 3.63) is 17.7 Å². The van der Waals surface area contributed by atoms with Crippen LogP contribution in [-0.4, -0.2) is 134 Å². The van der Waals surface area contributed by atoms with Crippen LogP contribution in [-0.2, 0) is 14.2 Å². The maximum Gasteiger partial charge on any atom is 0.338 e. The van der Waals surface area contributed by atoms with Gasteiger partial charge in [-0.15, -0.1) is 0 Å². The van der Waals surface area contributed by atoms with E-state index < -0.39 is 97.8 Å². The summed E-state index contributed by atoms with van der Waals surface area (Å²) in [6.07, 6.45) is -16.7. The summed E-state index contributed by atoms with van der Waals surface area (Å²) in [7, 11) is 1.06. The van der Waals surface area contributed by atoms with Gasteiger partial charge in [0.05, 0.1) is 25.9 Å². The summed E-state index contributed by atoms with van der Waals surface area (Å²) < 4.78 is 25.9. The Labute approximate surface area is 197 Å². The second kappa shape index (κ2) is 11.2. The van der Waals surface area contributed by atoms with Crippen molar-refractivity contribution in [1.29, 1.82) is 0 Å². The SMILES string of the molecule is COC(=O)c1cc(OC2O[C@H](CO)[C@@H](O)[C@H](O)[C@H]2O)c(O)c(OC2O[C@H](CO)[C@@H](O)[C@H](O)[C@H]2O)c1. The Morgan fingerprint density at radius 2 is 1.17 bits per heavy atom. The first-order valence-corrected chi connectivity index (χ1v) is 10.4. The molecule has 1 aromatic rings. The predicted molar refractivity (Wildman–Crippen MR) is 108 cm³/mol. The molecule has 0 radical (unpaired) electrons. The average molecular weight is 508 g/mol. The number of phenolic OH excluding ortho intramolecular Hbond substituents is 1. The first-order valence-electron chi connectivity index (χ1n) is 10.4. The molecule has 0 aliphatic carbocycles. The molecule has 0 aromatic heterocycles. The minimum Gasteiger partial charge on any atom is -0.502 e. The number of carbonyl (C=O) groups excluding carboxylic acids is 1. The molecule has 1 aromatic carbocycles. The summed E-state index contributed by atoms with van der Waals surface area (Å²) in [6, 6.07) is 1.95. The summed E-state index contributed by atoms with van der Waals surface area (Å²) in [5.74, 6) is -2.83. The molecular weight excluding hydrogens is 480 g/mol. The lowest BCUT2D eigenvalue weighted by atomic mass is 9.99. The zero-order valence-electron chi connectivity index (χ0n) is 18.3. The van der Waals surface area contributed by atoms with Crippen molar-refractivity contribution in [1.82, 2.24) is 0 Å². The Bertz CT molecular complexity index is 817. The molecule has 2 saturated heterocycles. The second-order valence-electron chi connectivity index (χ2n) is 7.94. The van der Waals surface area contributed by atoms with E-state index in [-0.39, 0.29) is 5.56 Å². The van der Waals surface area contributed by atoms with Crippen molar-refractivity contribution < 1.29 is 74.4 Å². The Morgan fingerprint density at radius 1 is 0.771 bits per heavy atom. The fourth-order valence-electron chi connectivity index (χ4n) is 3.58. The molecule has 0 saturated carbocycles. The van der Waals surface area contributed by atoms with Crippen LogP contribution in [0.5, 0.6) is 17.2 Å². The van der Waals surface area contributed by atoms with Gasteiger partial charge in [0.1, 0.15) is 48.8 Å². The summed E-state index contributed by atoms with van der Waals surface area (Å²) in [6.45, 7) is -1.49. The van der Waals surface area contributed by atoms with E-state index in [1.54, 1.807) is 0 Å². The van der Waals surface area contributed by atoms with Crippen molar-refractivity contribution in [2.24, 2.45) is 0 Å². The average Bonchev–Trinajstić information content (AvgIpc) is 2.85. The summed E-state index contributed by atoms with van der Waals surface area (Å²) in [5, 5.41) is 89.4. The number of benzene rings is 1. The third kappa shape index (κ3) is 5.44. The van der Waals surface area contributed by atoms with Crippen molar-refractivity contribution >= 4 is 5.97 Å². The molecule has 0 bridgehead atoms. The molecule has 2 heterocycles. The van der Waals surface area contributed by atoms with Gasteiger partial charge in [0.15, 0.2) is 11.5 Å². The minimum atomic E-state index is -1.84. The van der Waals surface area contributed by atoms with Crippen LogP contribution in [0.25, 0.3) is 0 Å². The van der Waals surface area contributed by atoms with E-state index in [0.29, 0.717) is 0 Å². The summed E-state index contributed by atoms with van der Waals surface area (Å²) >= 11 is 0. The van der Waals surface area contributed by atoms with Gasteiger partial charge in [-0.1, -0.05) is 0 Å². The third-order valence-electron chi connectivity index (χ3n) is 5.64. The number of aromatic hydroxyl groups is 1. The number of hydrogen-bond acceptors (Lipinski definition) is 15. The van der Waals surface area contributed by atoms with E-state index in [2.05, 4.69) is 4.74 Å². The molecule has 0 amide bonds. The molecular formula is C20H28O15. The van der Waals surface area contributed by atoms with E-state index in [4.69, 9.17) is 18.9 Å². The van der Waals surface area contributed by atoms with Crippen LogP contribution < -0.4 is 9.47 Å². The number of phenols is 1. The van der Waals surface area contributed by atoms with Crippen LogP contribution in [0.3, 0.4) is 0 Å². The van der Waals surface area contributed by atoms with Gasteiger partial charge in [-0.2, -0.15) is 0 Å². The molecule has 198 valence electrons. The quantitative estimate of drug-likeness (QED) is 0.158. The van der Waals surface area contributed by atoms with Crippen molar-refractivity contribution in [2.45, 2.75) is 61.4 Å². The van der Waals surface area contributed by atoms with Crippen LogP contribution in [0.2, 0.25) is 0 Å². The number of ether oxygens (including phenoxy) is 5. The number of aliphatic hydroxyl groups excluding tert-OH is 8. The van der Waals surface area contributed by atoms with Crippen LogP contribution in [0.15, 0.2) is 12.1 Å². The highest BCUT2D eigenvalue weighted by molar-refractivity contribution is 5.91. The Morgan fingerprint density at radius 3 is 1.51 bits per heavy atom. The number of carbonyl (C=O) groups is 1. The van der Waals surface area contributed by atoms with Crippen LogP contribution >= 0.6 is 0 Å². The molecule has 3 rings (SSSR count). The number of rotatable bonds is 7. The van der Waals surface area contributed by atoms with Gasteiger partial charge in [0.25, 0.3) is 0 Å². The van der Waals surface area contributed by atoms with Crippen LogP contribution in [0, 0.1) is 0 Å². The Hall–Kier alpha value is -2.31. The van der Waals surface area contributed by atoms with E-state index >= 15 is 0 Å². The number of methoxy groups -OCH3 is 1. The van der Waals surface area contributed by atoms with E-state index in [1.807, 2.05) is 0 Å². The van der Waals surface area contributed by atoms with Crippen LogP contribution in [0.1, 0.15) is 10.4 Å². The molecule has 0 spiro atoms.